The van der Waals surface area contributed by atoms with Crippen molar-refractivity contribution in [1.29, 1.82) is 0 Å². The molecule has 0 bridgehead atoms. The molecule has 4 heteroatoms. The van der Waals surface area contributed by atoms with Crippen LogP contribution in [-0.2, 0) is 0 Å². The summed E-state index contributed by atoms with van der Waals surface area (Å²) in [6.45, 7) is 2.32. The molecule has 1 unspecified atom stereocenters. The van der Waals surface area contributed by atoms with Gasteiger partial charge in [-0.3, -0.25) is 0 Å². The molecule has 1 N–H and O–H groups in total. The second-order valence-electron chi connectivity index (χ2n) is 1.80. The molecule has 0 aromatic heterocycles. The number of nitrogens with one attached hydrogen (secondary N) is 1. The number of hydrogen-bond acceptors (Lipinski definition) is 2. The smallest absolute Gasteiger partial charge is 0.171 e. The van der Waals surface area contributed by atoms with Crippen LogP contribution in [0.15, 0.2) is 0 Å². The maximum absolute atomic E-state index is 3.46. The molecule has 1 rings (SSSR count). The van der Waals surface area contributed by atoms with E-state index >= 15 is 0 Å². The predicted octanol–water partition coefficient (Wildman–Crippen LogP) is -1.63. The van der Waals surface area contributed by atoms with Crippen molar-refractivity contribution in [3.63, 3.8) is 0 Å². The van der Waals surface area contributed by atoms with Crippen LogP contribution < -0.4 is 4.65 Å². The van der Waals surface area contributed by atoms with Gasteiger partial charge in [0, 0.05) is 0 Å². The van der Waals surface area contributed by atoms with E-state index in [0.29, 0.717) is 0 Å². The van der Waals surface area contributed by atoms with Gasteiger partial charge in [0.25, 0.3) is 0 Å². The topological polar surface area (TPSA) is 15.3 Å². The van der Waals surface area contributed by atoms with E-state index in [1.54, 1.807) is 0 Å². The summed E-state index contributed by atoms with van der Waals surface area (Å²) >= 11 is 0. The highest BCUT2D eigenvalue weighted by Gasteiger charge is 2.18. The second kappa shape index (κ2) is 1.45. The van der Waals surface area contributed by atoms with Gasteiger partial charge in [0.1, 0.15) is 0 Å². The Morgan fingerprint density at radius 1 is 1.83 bits per heavy atom. The van der Waals surface area contributed by atoms with Gasteiger partial charge in [-0.1, -0.05) is 0 Å². The summed E-state index contributed by atoms with van der Waals surface area (Å²) in [5.41, 5.74) is 0. The van der Waals surface area contributed by atoms with Gasteiger partial charge in [-0.25, -0.2) is 0 Å². The van der Waals surface area contributed by atoms with Crippen LogP contribution in [0.2, 0.25) is 6.55 Å². The number of nitrogens with zero attached hydrogens (tertiary/aromatic N) is 1. The normalized spacial score (nSPS) is 40.0. The molecule has 0 aromatic carbocycles. The molecule has 6 heavy (non-hydrogen) atoms. The zero-order valence-electron chi connectivity index (χ0n) is 4.23. The van der Waals surface area contributed by atoms with E-state index in [-0.39, 0.29) is 9.84 Å². The molecule has 1 aliphatic heterocycles. The van der Waals surface area contributed by atoms with Gasteiger partial charge >= 0.3 is 0 Å². The van der Waals surface area contributed by atoms with Gasteiger partial charge in [-0.05, 0) is 13.6 Å². The molecular weight excluding hydrogens is 108 g/mol. The molecule has 0 amide bonds. The number of hydrogen-bond donors (Lipinski definition) is 1. The van der Waals surface area contributed by atoms with Gasteiger partial charge in [-0.2, -0.15) is 0 Å². The molecule has 1 atom stereocenters. The van der Waals surface area contributed by atoms with E-state index in [0.717, 1.165) is 0 Å². The van der Waals surface area contributed by atoms with E-state index < -0.39 is 9.12 Å². The van der Waals surface area contributed by atoms with Gasteiger partial charge in [-0.15, -0.1) is 0 Å². The van der Waals surface area contributed by atoms with Gasteiger partial charge in [0.05, 0.1) is 0 Å². The largest absolute Gasteiger partial charge is 0.343 e. The SMILES string of the molecule is CN1[SiH2]N[SiH]1C. The Morgan fingerprint density at radius 3 is 2.33 bits per heavy atom. The lowest BCUT2D eigenvalue weighted by Crippen LogP contribution is -2.64. The first kappa shape index (κ1) is 4.51. The first-order chi connectivity index (χ1) is 2.80. The van der Waals surface area contributed by atoms with E-state index in [4.69, 9.17) is 0 Å². The minimum atomic E-state index is -0.418. The Labute approximate surface area is 42.3 Å². The summed E-state index contributed by atoms with van der Waals surface area (Å²) in [6, 6.07) is 0. The van der Waals surface area contributed by atoms with Crippen molar-refractivity contribution in [2.75, 3.05) is 7.05 Å². The highest BCUT2D eigenvalue weighted by Crippen LogP contribution is 1.89. The second-order valence-corrected chi connectivity index (χ2v) is 7.71. The minimum Gasteiger partial charge on any atom is -0.343 e. The lowest BCUT2D eigenvalue weighted by atomic mass is 11.6. The van der Waals surface area contributed by atoms with Crippen LogP contribution in [0, 0.1) is 0 Å². The van der Waals surface area contributed by atoms with E-state index in [2.05, 4.69) is 22.5 Å². The maximum Gasteiger partial charge on any atom is 0.171 e. The molecule has 1 heterocycles. The standard InChI is InChI=1S/C2H10N2Si2/c1-4-5-3-6(4)2/h3,6H,5H2,1-2H3. The van der Waals surface area contributed by atoms with Crippen LogP contribution >= 0.6 is 0 Å². The van der Waals surface area contributed by atoms with Gasteiger partial charge in [0.2, 0.25) is 0 Å². The maximum atomic E-state index is 3.46. The highest BCUT2D eigenvalue weighted by atomic mass is 28.4. The summed E-state index contributed by atoms with van der Waals surface area (Å²) in [7, 11) is 1.93. The average molecular weight is 118 g/mol. The Kier molecular flexibility index (Phi) is 1.09. The van der Waals surface area contributed by atoms with Crippen LogP contribution in [0.3, 0.4) is 0 Å². The van der Waals surface area contributed by atoms with Gasteiger partial charge < -0.3 is 8.88 Å². The zero-order chi connectivity index (χ0) is 4.57. The van der Waals surface area contributed by atoms with Crippen LogP contribution in [0.4, 0.5) is 0 Å². The van der Waals surface area contributed by atoms with Crippen LogP contribution in [0.5, 0.6) is 0 Å². The molecule has 1 saturated heterocycles. The van der Waals surface area contributed by atoms with Crippen molar-refractivity contribution in [2.45, 2.75) is 6.55 Å². The Balaban J connectivity index is 2.20. The molecule has 0 spiro atoms. The monoisotopic (exact) mass is 118 g/mol. The summed E-state index contributed by atoms with van der Waals surface area (Å²) < 4.78 is 5.98. The Morgan fingerprint density at radius 2 is 2.33 bits per heavy atom. The van der Waals surface area contributed by atoms with Crippen molar-refractivity contribution >= 4 is 19.0 Å². The summed E-state index contributed by atoms with van der Waals surface area (Å²) in [5, 5.41) is 0. The molecule has 1 fully saturated rings. The van der Waals surface area contributed by atoms with Crippen molar-refractivity contribution in [3.8, 4) is 0 Å². The lowest BCUT2D eigenvalue weighted by molar-refractivity contribution is 0.744. The summed E-state index contributed by atoms with van der Waals surface area (Å²) in [4.78, 5) is 0. The van der Waals surface area contributed by atoms with Crippen LogP contribution in [0.25, 0.3) is 0 Å². The van der Waals surface area contributed by atoms with Crippen molar-refractivity contribution in [1.82, 2.24) is 8.88 Å². The first-order valence-electron chi connectivity index (χ1n) is 2.24. The lowest BCUT2D eigenvalue weighted by Gasteiger charge is -2.34. The van der Waals surface area contributed by atoms with E-state index in [1.807, 2.05) is 0 Å². The van der Waals surface area contributed by atoms with Crippen molar-refractivity contribution in [3.05, 3.63) is 0 Å². The minimum absolute atomic E-state index is 0.127. The fourth-order valence-electron chi connectivity index (χ4n) is 0.456. The average Bonchev–Trinajstić information content (AvgIpc) is 1.61. The number of rotatable bonds is 0. The zero-order valence-corrected chi connectivity index (χ0v) is 6.80. The first-order valence-corrected chi connectivity index (χ1v) is 5.83. The quantitative estimate of drug-likeness (QED) is 0.384. The molecule has 0 aromatic rings. The summed E-state index contributed by atoms with van der Waals surface area (Å²) in [5.74, 6) is 0. The highest BCUT2D eigenvalue weighted by molar-refractivity contribution is 6.76. The molecule has 0 radical (unpaired) electrons. The Hall–Kier alpha value is 0.354. The van der Waals surface area contributed by atoms with E-state index in [9.17, 15) is 0 Å². The molecule has 0 saturated carbocycles. The van der Waals surface area contributed by atoms with Crippen molar-refractivity contribution in [2.24, 2.45) is 0 Å². The summed E-state index contributed by atoms with van der Waals surface area (Å²) in [6.07, 6.45) is 0. The third-order valence-corrected chi connectivity index (χ3v) is 8.40. The third kappa shape index (κ3) is 0.560. The Bertz CT molecular complexity index is 49.5. The predicted molar refractivity (Wildman–Crippen MR) is 32.5 cm³/mol. The molecule has 0 aliphatic carbocycles. The molecule has 1 aliphatic rings. The fraction of sp³-hybridized carbons (Fsp3) is 1.00. The third-order valence-electron chi connectivity index (χ3n) is 1.30. The molecule has 36 valence electrons. The van der Waals surface area contributed by atoms with Gasteiger partial charge in [0.15, 0.2) is 19.0 Å². The molecular formula is C2H10N2Si2. The van der Waals surface area contributed by atoms with Crippen LogP contribution in [-0.4, -0.2) is 30.2 Å². The fourth-order valence-corrected chi connectivity index (χ4v) is 4.11. The molecule has 2 nitrogen and oxygen atoms in total. The van der Waals surface area contributed by atoms with Crippen molar-refractivity contribution < 1.29 is 0 Å². The van der Waals surface area contributed by atoms with E-state index in [1.165, 1.54) is 0 Å². The van der Waals surface area contributed by atoms with Crippen LogP contribution in [0.1, 0.15) is 0 Å².